The van der Waals surface area contributed by atoms with Gasteiger partial charge in [0.05, 0.1) is 24.9 Å². The zero-order chi connectivity index (χ0) is 10.1. The molecular weight excluding hydrogens is 180 g/mol. The molecule has 1 heterocycles. The van der Waals surface area contributed by atoms with E-state index in [9.17, 15) is 5.11 Å². The van der Waals surface area contributed by atoms with Gasteiger partial charge in [-0.2, -0.15) is 0 Å². The van der Waals surface area contributed by atoms with E-state index >= 15 is 0 Å². The second kappa shape index (κ2) is 4.01. The quantitative estimate of drug-likeness (QED) is 0.520. The van der Waals surface area contributed by atoms with E-state index < -0.39 is 6.10 Å². The van der Waals surface area contributed by atoms with Gasteiger partial charge in [0.1, 0.15) is 0 Å². The summed E-state index contributed by atoms with van der Waals surface area (Å²) >= 11 is 0. The van der Waals surface area contributed by atoms with E-state index in [4.69, 9.17) is 9.84 Å². The van der Waals surface area contributed by atoms with E-state index in [-0.39, 0.29) is 12.5 Å². The molecular formula is C11H18O3. The van der Waals surface area contributed by atoms with Gasteiger partial charge in [0.2, 0.25) is 0 Å². The minimum atomic E-state index is -0.443. The predicted molar refractivity (Wildman–Crippen MR) is 52.9 cm³/mol. The van der Waals surface area contributed by atoms with Crippen LogP contribution in [0.1, 0.15) is 26.2 Å². The van der Waals surface area contributed by atoms with Crippen LogP contribution in [0.4, 0.5) is 0 Å². The van der Waals surface area contributed by atoms with E-state index in [1.807, 2.05) is 6.08 Å². The molecule has 0 radical (unpaired) electrons. The number of aliphatic hydroxyl groups excluding tert-OH is 2. The fourth-order valence-electron chi connectivity index (χ4n) is 2.28. The van der Waals surface area contributed by atoms with Gasteiger partial charge in [0.25, 0.3) is 0 Å². The second-order valence-electron chi connectivity index (χ2n) is 4.23. The molecule has 0 amide bonds. The summed E-state index contributed by atoms with van der Waals surface area (Å²) in [6.45, 7) is 2.10. The number of aliphatic hydroxyl groups is 2. The Morgan fingerprint density at radius 3 is 2.79 bits per heavy atom. The van der Waals surface area contributed by atoms with Crippen LogP contribution in [0, 0.1) is 5.92 Å². The molecule has 1 saturated heterocycles. The molecule has 2 rings (SSSR count). The fourth-order valence-corrected chi connectivity index (χ4v) is 2.28. The largest absolute Gasteiger partial charge is 0.392 e. The van der Waals surface area contributed by atoms with Gasteiger partial charge < -0.3 is 14.9 Å². The summed E-state index contributed by atoms with van der Waals surface area (Å²) < 4.78 is 5.45. The fraction of sp³-hybridized carbons (Fsp3) is 0.818. The number of ether oxygens (including phenoxy) is 1. The van der Waals surface area contributed by atoms with Gasteiger partial charge in [-0.3, -0.25) is 0 Å². The number of allylic oxidation sites excluding steroid dienone is 1. The Balaban J connectivity index is 1.79. The van der Waals surface area contributed by atoms with Crippen molar-refractivity contribution in [1.82, 2.24) is 0 Å². The van der Waals surface area contributed by atoms with Crippen LogP contribution in [0.5, 0.6) is 0 Å². The molecule has 3 heteroatoms. The Morgan fingerprint density at radius 1 is 1.50 bits per heavy atom. The minimum Gasteiger partial charge on any atom is -0.392 e. The average Bonchev–Trinajstić information content (AvgIpc) is 2.86. The maximum absolute atomic E-state index is 9.80. The van der Waals surface area contributed by atoms with E-state index in [1.54, 1.807) is 0 Å². The van der Waals surface area contributed by atoms with E-state index in [2.05, 4.69) is 6.92 Å². The molecule has 0 aromatic carbocycles. The average molecular weight is 198 g/mol. The van der Waals surface area contributed by atoms with E-state index in [0.29, 0.717) is 12.2 Å². The first-order valence-corrected chi connectivity index (χ1v) is 5.39. The first-order chi connectivity index (χ1) is 6.76. The molecule has 14 heavy (non-hydrogen) atoms. The van der Waals surface area contributed by atoms with E-state index in [0.717, 1.165) is 24.8 Å². The number of epoxide rings is 1. The summed E-state index contributed by atoms with van der Waals surface area (Å²) in [6, 6.07) is 0. The third-order valence-corrected chi connectivity index (χ3v) is 3.32. The summed E-state index contributed by atoms with van der Waals surface area (Å²) in [7, 11) is 0. The predicted octanol–water partition coefficient (Wildman–Crippen LogP) is 0.853. The standard InChI is InChI=1S/C11H18O3/c1-2-9-10(14-9)5-7-3-4-8(6-12)11(7)13/h4,7,9-13H,2-3,5-6H2,1H3. The maximum atomic E-state index is 9.80. The van der Waals surface area contributed by atoms with Crippen molar-refractivity contribution in [3.63, 3.8) is 0 Å². The van der Waals surface area contributed by atoms with E-state index in [1.165, 1.54) is 0 Å². The van der Waals surface area contributed by atoms with Crippen molar-refractivity contribution in [2.75, 3.05) is 6.61 Å². The van der Waals surface area contributed by atoms with Crippen molar-refractivity contribution in [3.8, 4) is 0 Å². The molecule has 0 aromatic rings. The molecule has 0 spiro atoms. The first kappa shape index (κ1) is 10.1. The summed E-state index contributed by atoms with van der Waals surface area (Å²) in [5.74, 6) is 0.263. The topological polar surface area (TPSA) is 53.0 Å². The Morgan fingerprint density at radius 2 is 2.29 bits per heavy atom. The van der Waals surface area contributed by atoms with Crippen molar-refractivity contribution in [3.05, 3.63) is 11.6 Å². The molecule has 3 nitrogen and oxygen atoms in total. The van der Waals surface area contributed by atoms with Crippen LogP contribution in [0.2, 0.25) is 0 Å². The zero-order valence-corrected chi connectivity index (χ0v) is 8.52. The second-order valence-corrected chi connectivity index (χ2v) is 4.23. The molecule has 2 aliphatic rings. The minimum absolute atomic E-state index is 0.0135. The van der Waals surface area contributed by atoms with Crippen LogP contribution in [0.25, 0.3) is 0 Å². The molecule has 4 unspecified atom stereocenters. The molecule has 2 N–H and O–H groups in total. The first-order valence-electron chi connectivity index (χ1n) is 5.39. The lowest BCUT2D eigenvalue weighted by atomic mass is 9.95. The van der Waals surface area contributed by atoms with Gasteiger partial charge in [0, 0.05) is 0 Å². The van der Waals surface area contributed by atoms with Crippen LogP contribution in [0.15, 0.2) is 11.6 Å². The molecule has 1 fully saturated rings. The highest BCUT2D eigenvalue weighted by Gasteiger charge is 2.41. The van der Waals surface area contributed by atoms with Gasteiger partial charge in [-0.05, 0) is 30.8 Å². The van der Waals surface area contributed by atoms with Gasteiger partial charge in [-0.15, -0.1) is 0 Å². The molecule has 0 aromatic heterocycles. The number of rotatable bonds is 4. The highest BCUT2D eigenvalue weighted by Crippen LogP contribution is 2.36. The van der Waals surface area contributed by atoms with Crippen molar-refractivity contribution < 1.29 is 14.9 Å². The molecule has 0 saturated carbocycles. The summed E-state index contributed by atoms with van der Waals surface area (Å²) in [5.41, 5.74) is 0.781. The Bertz CT molecular complexity index is 237. The van der Waals surface area contributed by atoms with Gasteiger partial charge in [-0.25, -0.2) is 0 Å². The smallest absolute Gasteiger partial charge is 0.0845 e. The van der Waals surface area contributed by atoms with Crippen molar-refractivity contribution in [2.45, 2.75) is 44.5 Å². The summed E-state index contributed by atoms with van der Waals surface area (Å²) in [4.78, 5) is 0. The Labute approximate surface area is 84.4 Å². The Hall–Kier alpha value is -0.380. The van der Waals surface area contributed by atoms with Gasteiger partial charge in [0.15, 0.2) is 0 Å². The summed E-state index contributed by atoms with van der Waals surface area (Å²) in [6.07, 6.45) is 5.16. The molecule has 4 atom stereocenters. The monoisotopic (exact) mass is 198 g/mol. The molecule has 1 aliphatic heterocycles. The zero-order valence-electron chi connectivity index (χ0n) is 8.52. The van der Waals surface area contributed by atoms with Crippen molar-refractivity contribution in [1.29, 1.82) is 0 Å². The van der Waals surface area contributed by atoms with Crippen LogP contribution >= 0.6 is 0 Å². The molecule has 1 aliphatic carbocycles. The third-order valence-electron chi connectivity index (χ3n) is 3.32. The normalized spacial score (nSPS) is 41.2. The van der Waals surface area contributed by atoms with Crippen LogP contribution in [0.3, 0.4) is 0 Å². The Kier molecular flexibility index (Phi) is 2.91. The van der Waals surface area contributed by atoms with Crippen molar-refractivity contribution >= 4 is 0 Å². The molecule has 0 bridgehead atoms. The lowest BCUT2D eigenvalue weighted by molar-refractivity contribution is 0.130. The van der Waals surface area contributed by atoms with Crippen LogP contribution in [-0.2, 0) is 4.74 Å². The van der Waals surface area contributed by atoms with Crippen molar-refractivity contribution in [2.24, 2.45) is 5.92 Å². The number of hydrogen-bond acceptors (Lipinski definition) is 3. The van der Waals surface area contributed by atoms with Gasteiger partial charge >= 0.3 is 0 Å². The van der Waals surface area contributed by atoms with Crippen LogP contribution in [-0.4, -0.2) is 35.1 Å². The third kappa shape index (κ3) is 1.85. The molecule has 80 valence electrons. The van der Waals surface area contributed by atoms with Gasteiger partial charge in [-0.1, -0.05) is 13.0 Å². The van der Waals surface area contributed by atoms with Crippen LogP contribution < -0.4 is 0 Å². The summed E-state index contributed by atoms with van der Waals surface area (Å²) in [5, 5.41) is 18.7. The number of hydrogen-bond donors (Lipinski definition) is 2. The lowest BCUT2D eigenvalue weighted by Gasteiger charge is -2.15. The maximum Gasteiger partial charge on any atom is 0.0845 e. The lowest BCUT2D eigenvalue weighted by Crippen LogP contribution is -2.20. The SMILES string of the molecule is CCC1OC1CC1CC=C(CO)C1O. The highest BCUT2D eigenvalue weighted by atomic mass is 16.6. The highest BCUT2D eigenvalue weighted by molar-refractivity contribution is 5.17.